The first-order valence-corrected chi connectivity index (χ1v) is 9.08. The molecule has 6 nitrogen and oxygen atoms in total. The number of hydrogen-bond acceptors (Lipinski definition) is 6. The van der Waals surface area contributed by atoms with Gasteiger partial charge >= 0.3 is 6.18 Å². The van der Waals surface area contributed by atoms with Gasteiger partial charge in [-0.3, -0.25) is 4.79 Å². The fraction of sp³-hybridized carbons (Fsp3) is 0.350. The zero-order valence-electron chi connectivity index (χ0n) is 16.2. The minimum absolute atomic E-state index is 0.0202. The van der Waals surface area contributed by atoms with E-state index in [0.29, 0.717) is 5.56 Å². The average molecular weight is 443 g/mol. The highest BCUT2D eigenvalue weighted by Gasteiger charge is 2.42. The zero-order valence-corrected chi connectivity index (χ0v) is 16.2. The van der Waals surface area contributed by atoms with Crippen molar-refractivity contribution in [1.29, 1.82) is 0 Å². The van der Waals surface area contributed by atoms with E-state index >= 15 is 0 Å². The predicted octanol–water partition coefficient (Wildman–Crippen LogP) is 3.49. The van der Waals surface area contributed by atoms with Gasteiger partial charge in [0.25, 0.3) is 6.02 Å². The Bertz CT molecular complexity index is 995. The molecule has 11 heteroatoms. The van der Waals surface area contributed by atoms with Crippen LogP contribution in [0.3, 0.4) is 0 Å². The van der Waals surface area contributed by atoms with Crippen LogP contribution in [-0.2, 0) is 16.7 Å². The summed E-state index contributed by atoms with van der Waals surface area (Å²) < 4.78 is 74.9. The average Bonchev–Trinajstić information content (AvgIpc) is 2.70. The van der Waals surface area contributed by atoms with Crippen molar-refractivity contribution in [2.45, 2.75) is 31.2 Å². The van der Waals surface area contributed by atoms with Crippen LogP contribution >= 0.6 is 0 Å². The molecule has 2 aromatic rings. The lowest BCUT2D eigenvalue weighted by Crippen LogP contribution is -2.43. The van der Waals surface area contributed by atoms with Crippen LogP contribution in [0.4, 0.5) is 22.0 Å². The lowest BCUT2D eigenvalue weighted by molar-refractivity contribution is -0.153. The molecule has 31 heavy (non-hydrogen) atoms. The number of pyridine rings is 1. The maximum absolute atomic E-state index is 14.5. The quantitative estimate of drug-likeness (QED) is 0.546. The Balaban J connectivity index is 1.77. The van der Waals surface area contributed by atoms with Crippen LogP contribution in [0.15, 0.2) is 41.5 Å². The standard InChI is InChI=1S/C20H18F5N3O3/c1-19(17(22)9-30-18(26)28-19)13-6-11(2-4-14(13)21)7-16(29)15-5-3-12(8-27-15)31-10-20(23,24)25/h2-6,8,17H,7,9-10H2,1H3,(H2,26,28)/t17-,19+/m0/s1. The highest BCUT2D eigenvalue weighted by atomic mass is 19.4. The third kappa shape index (κ3) is 5.28. The van der Waals surface area contributed by atoms with Crippen LogP contribution in [0.2, 0.25) is 0 Å². The molecule has 2 heterocycles. The molecule has 0 spiro atoms. The number of Topliss-reactive ketones (excluding diaryl/α,β-unsaturated/α-hetero) is 1. The maximum atomic E-state index is 14.5. The second-order valence-corrected chi connectivity index (χ2v) is 7.07. The number of alkyl halides is 4. The first-order valence-electron chi connectivity index (χ1n) is 9.08. The van der Waals surface area contributed by atoms with E-state index in [-0.39, 0.29) is 36.1 Å². The van der Waals surface area contributed by atoms with Gasteiger partial charge in [-0.1, -0.05) is 6.07 Å². The summed E-state index contributed by atoms with van der Waals surface area (Å²) in [5, 5.41) is 0. The Hall–Kier alpha value is -3.24. The van der Waals surface area contributed by atoms with E-state index in [1.807, 2.05) is 0 Å². The second-order valence-electron chi connectivity index (χ2n) is 7.07. The number of aromatic nitrogens is 1. The van der Waals surface area contributed by atoms with Gasteiger partial charge in [-0.05, 0) is 36.8 Å². The molecule has 2 atom stereocenters. The van der Waals surface area contributed by atoms with Crippen molar-refractivity contribution in [3.8, 4) is 5.75 Å². The summed E-state index contributed by atoms with van der Waals surface area (Å²) >= 11 is 0. The van der Waals surface area contributed by atoms with Crippen LogP contribution in [0.1, 0.15) is 28.5 Å². The van der Waals surface area contributed by atoms with Crippen molar-refractivity contribution in [2.75, 3.05) is 13.2 Å². The Morgan fingerprint density at radius 1 is 1.32 bits per heavy atom. The van der Waals surface area contributed by atoms with E-state index in [1.54, 1.807) is 0 Å². The van der Waals surface area contributed by atoms with Gasteiger partial charge in [0.05, 0.1) is 6.20 Å². The van der Waals surface area contributed by atoms with Crippen LogP contribution < -0.4 is 10.5 Å². The Morgan fingerprint density at radius 2 is 2.06 bits per heavy atom. The summed E-state index contributed by atoms with van der Waals surface area (Å²) in [5.41, 5.74) is 4.16. The fourth-order valence-corrected chi connectivity index (χ4v) is 3.02. The predicted molar refractivity (Wildman–Crippen MR) is 100 cm³/mol. The summed E-state index contributed by atoms with van der Waals surface area (Å²) in [5.74, 6) is -1.34. The molecule has 166 valence electrons. The number of rotatable bonds is 6. The molecule has 0 fully saturated rings. The third-order valence-corrected chi connectivity index (χ3v) is 4.70. The van der Waals surface area contributed by atoms with Crippen molar-refractivity contribution >= 4 is 11.8 Å². The van der Waals surface area contributed by atoms with E-state index < -0.39 is 36.1 Å². The highest BCUT2D eigenvalue weighted by molar-refractivity contribution is 5.95. The lowest BCUT2D eigenvalue weighted by Gasteiger charge is -2.33. The number of ketones is 1. The first kappa shape index (κ1) is 22.4. The van der Waals surface area contributed by atoms with Gasteiger partial charge < -0.3 is 15.2 Å². The second kappa shape index (κ2) is 8.48. The number of carbonyl (C=O) groups excluding carboxylic acids is 1. The fourth-order valence-electron chi connectivity index (χ4n) is 3.02. The van der Waals surface area contributed by atoms with Crippen LogP contribution in [0, 0.1) is 5.82 Å². The maximum Gasteiger partial charge on any atom is 0.422 e. The van der Waals surface area contributed by atoms with Crippen LogP contribution in [-0.4, -0.2) is 42.4 Å². The summed E-state index contributed by atoms with van der Waals surface area (Å²) in [6.45, 7) is -0.494. The van der Waals surface area contributed by atoms with Gasteiger partial charge in [-0.15, -0.1) is 0 Å². The van der Waals surface area contributed by atoms with Crippen LogP contribution in [0.25, 0.3) is 0 Å². The molecule has 1 aliphatic heterocycles. The van der Waals surface area contributed by atoms with Gasteiger partial charge in [0, 0.05) is 12.0 Å². The molecule has 1 aliphatic rings. The number of hydrogen-bond donors (Lipinski definition) is 1. The minimum atomic E-state index is -4.50. The zero-order chi connectivity index (χ0) is 22.8. The number of halogens is 5. The molecule has 0 unspecified atom stereocenters. The summed E-state index contributed by atoms with van der Waals surface area (Å²) in [6.07, 6.45) is -5.36. The third-order valence-electron chi connectivity index (χ3n) is 4.70. The van der Waals surface area contributed by atoms with Crippen molar-refractivity contribution < 1.29 is 36.2 Å². The van der Waals surface area contributed by atoms with Gasteiger partial charge in [0.2, 0.25) is 0 Å². The van der Waals surface area contributed by atoms with Gasteiger partial charge in [0.15, 0.2) is 18.6 Å². The molecule has 0 saturated heterocycles. The molecule has 1 aromatic carbocycles. The Labute approximate surface area is 173 Å². The Kier molecular flexibility index (Phi) is 6.14. The number of nitrogens with zero attached hydrogens (tertiary/aromatic N) is 2. The molecule has 0 aliphatic carbocycles. The number of nitrogens with two attached hydrogens (primary N) is 1. The molecule has 2 N–H and O–H groups in total. The lowest BCUT2D eigenvalue weighted by atomic mass is 9.85. The largest absolute Gasteiger partial charge is 0.483 e. The number of ether oxygens (including phenoxy) is 2. The van der Waals surface area contributed by atoms with Crippen molar-refractivity contribution in [3.63, 3.8) is 0 Å². The van der Waals surface area contributed by atoms with E-state index in [9.17, 15) is 26.7 Å². The van der Waals surface area contributed by atoms with E-state index in [1.165, 1.54) is 31.2 Å². The molecule has 3 rings (SSSR count). The SMILES string of the molecule is C[C@]1(c2cc(CC(=O)c3ccc(OCC(F)(F)F)cn3)ccc2F)N=C(N)OC[C@@H]1F. The highest BCUT2D eigenvalue weighted by Crippen LogP contribution is 2.36. The molecule has 0 saturated carbocycles. The van der Waals surface area contributed by atoms with Crippen molar-refractivity contribution in [3.05, 3.63) is 59.2 Å². The van der Waals surface area contributed by atoms with E-state index in [0.717, 1.165) is 12.3 Å². The van der Waals surface area contributed by atoms with Crippen molar-refractivity contribution in [1.82, 2.24) is 4.98 Å². The smallest absolute Gasteiger partial charge is 0.422 e. The topological polar surface area (TPSA) is 86.8 Å². The summed E-state index contributed by atoms with van der Waals surface area (Å²) in [7, 11) is 0. The first-order chi connectivity index (χ1) is 14.5. The number of aliphatic imine (C=N–C) groups is 1. The summed E-state index contributed by atoms with van der Waals surface area (Å²) in [4.78, 5) is 20.2. The van der Waals surface area contributed by atoms with Gasteiger partial charge in [0.1, 0.15) is 29.4 Å². The molecule has 0 amide bonds. The summed E-state index contributed by atoms with van der Waals surface area (Å²) in [6, 6.07) is 5.92. The van der Waals surface area contributed by atoms with Crippen molar-refractivity contribution in [2.24, 2.45) is 10.7 Å². The number of carbonyl (C=O) groups is 1. The normalized spacial score (nSPS) is 21.2. The Morgan fingerprint density at radius 3 is 2.71 bits per heavy atom. The number of amidine groups is 1. The monoisotopic (exact) mass is 443 g/mol. The van der Waals surface area contributed by atoms with Gasteiger partial charge in [-0.2, -0.15) is 13.2 Å². The molecular weight excluding hydrogens is 425 g/mol. The minimum Gasteiger partial charge on any atom is -0.483 e. The van der Waals surface area contributed by atoms with E-state index in [2.05, 4.69) is 14.7 Å². The molecular formula is C20H18F5N3O3. The van der Waals surface area contributed by atoms with Crippen LogP contribution in [0.5, 0.6) is 5.75 Å². The number of benzene rings is 1. The van der Waals surface area contributed by atoms with E-state index in [4.69, 9.17) is 10.5 Å². The molecule has 0 bridgehead atoms. The van der Waals surface area contributed by atoms with Gasteiger partial charge in [-0.25, -0.2) is 18.8 Å². The molecule has 0 radical (unpaired) electrons. The molecule has 1 aromatic heterocycles.